The maximum Gasteiger partial charge on any atom is 0.335 e. The minimum Gasteiger partial charge on any atom is -0.494 e. The number of carboxylic acid groups (broad SMARTS) is 2. The number of benzene rings is 4. The van der Waals surface area contributed by atoms with Crippen molar-refractivity contribution >= 4 is 11.9 Å². The fourth-order valence-electron chi connectivity index (χ4n) is 4.57. The van der Waals surface area contributed by atoms with E-state index >= 15 is 0 Å². The molecular weight excluding hydrogens is 558 g/mol. The quantitative estimate of drug-likeness (QED) is 0.119. The van der Waals surface area contributed by atoms with Crippen LogP contribution in [0.1, 0.15) is 57.2 Å². The van der Waals surface area contributed by atoms with Gasteiger partial charge in [0.05, 0.1) is 17.7 Å². The summed E-state index contributed by atoms with van der Waals surface area (Å²) in [5.41, 5.74) is 3.59. The summed E-state index contributed by atoms with van der Waals surface area (Å²) >= 11 is 0. The topological polar surface area (TPSA) is 106 Å². The molecule has 4 aromatic rings. The highest BCUT2D eigenvalue weighted by atomic mass is 16.5. The lowest BCUT2D eigenvalue weighted by Gasteiger charge is -2.23. The molecule has 0 atom stereocenters. The van der Waals surface area contributed by atoms with Crippen molar-refractivity contribution in [2.45, 2.75) is 39.3 Å². The SMILES string of the molecule is CCCCOc1ccc(COc2ccccc2CCN(CCOc2ccc(C(=O)O)cc2)Cc2ccc(C(=O)O)cc2)cc1. The predicted octanol–water partition coefficient (Wildman–Crippen LogP) is 6.96. The van der Waals surface area contributed by atoms with E-state index in [1.54, 1.807) is 24.3 Å². The van der Waals surface area contributed by atoms with Crippen LogP contribution in [0.25, 0.3) is 0 Å². The van der Waals surface area contributed by atoms with Crippen LogP contribution in [0.5, 0.6) is 17.2 Å². The van der Waals surface area contributed by atoms with Gasteiger partial charge >= 0.3 is 11.9 Å². The first-order valence-corrected chi connectivity index (χ1v) is 14.8. The minimum absolute atomic E-state index is 0.207. The summed E-state index contributed by atoms with van der Waals surface area (Å²) in [6.07, 6.45) is 2.87. The van der Waals surface area contributed by atoms with Gasteiger partial charge in [0.25, 0.3) is 0 Å². The van der Waals surface area contributed by atoms with Crippen molar-refractivity contribution < 1.29 is 34.0 Å². The van der Waals surface area contributed by atoms with Crippen LogP contribution in [0.2, 0.25) is 0 Å². The molecule has 8 heteroatoms. The smallest absolute Gasteiger partial charge is 0.335 e. The van der Waals surface area contributed by atoms with Gasteiger partial charge in [0.1, 0.15) is 30.5 Å². The highest BCUT2D eigenvalue weighted by Crippen LogP contribution is 2.22. The van der Waals surface area contributed by atoms with E-state index in [9.17, 15) is 14.7 Å². The summed E-state index contributed by atoms with van der Waals surface area (Å²) in [7, 11) is 0. The molecular formula is C36H39NO7. The van der Waals surface area contributed by atoms with Crippen LogP contribution in [0, 0.1) is 0 Å². The molecule has 0 amide bonds. The maximum absolute atomic E-state index is 11.3. The van der Waals surface area contributed by atoms with E-state index in [1.165, 1.54) is 12.1 Å². The van der Waals surface area contributed by atoms with Gasteiger partial charge < -0.3 is 24.4 Å². The Hall–Kier alpha value is -4.82. The third-order valence-electron chi connectivity index (χ3n) is 7.14. The van der Waals surface area contributed by atoms with E-state index in [4.69, 9.17) is 19.3 Å². The summed E-state index contributed by atoms with van der Waals surface area (Å²) in [6, 6.07) is 29.3. The Kier molecular flexibility index (Phi) is 12.2. The first kappa shape index (κ1) is 32.1. The third-order valence-corrected chi connectivity index (χ3v) is 7.14. The van der Waals surface area contributed by atoms with Crippen LogP contribution in [-0.4, -0.2) is 53.4 Å². The zero-order chi connectivity index (χ0) is 31.1. The minimum atomic E-state index is -0.980. The van der Waals surface area contributed by atoms with Gasteiger partial charge in [-0.25, -0.2) is 9.59 Å². The normalized spacial score (nSPS) is 10.9. The monoisotopic (exact) mass is 597 g/mol. The molecule has 0 aliphatic rings. The van der Waals surface area contributed by atoms with Gasteiger partial charge in [-0.1, -0.05) is 55.8 Å². The second kappa shape index (κ2) is 16.7. The average molecular weight is 598 g/mol. The zero-order valence-corrected chi connectivity index (χ0v) is 25.0. The van der Waals surface area contributed by atoms with Crippen molar-refractivity contribution in [1.29, 1.82) is 0 Å². The van der Waals surface area contributed by atoms with E-state index < -0.39 is 11.9 Å². The number of aromatic carboxylic acids is 2. The lowest BCUT2D eigenvalue weighted by molar-refractivity contribution is 0.0686. The Morgan fingerprint density at radius 1 is 0.659 bits per heavy atom. The molecule has 4 rings (SSSR count). The van der Waals surface area contributed by atoms with E-state index in [0.29, 0.717) is 38.6 Å². The van der Waals surface area contributed by atoms with Crippen LogP contribution in [-0.2, 0) is 19.6 Å². The van der Waals surface area contributed by atoms with Crippen molar-refractivity contribution in [3.8, 4) is 17.2 Å². The van der Waals surface area contributed by atoms with E-state index in [1.807, 2.05) is 54.6 Å². The van der Waals surface area contributed by atoms with E-state index in [-0.39, 0.29) is 11.1 Å². The number of hydrogen-bond donors (Lipinski definition) is 2. The van der Waals surface area contributed by atoms with Gasteiger partial charge in [0, 0.05) is 19.6 Å². The number of rotatable bonds is 18. The number of hydrogen-bond acceptors (Lipinski definition) is 6. The molecule has 0 saturated carbocycles. The summed E-state index contributed by atoms with van der Waals surface area (Å²) in [6.45, 7) is 5.63. The van der Waals surface area contributed by atoms with E-state index in [0.717, 1.165) is 54.1 Å². The molecule has 44 heavy (non-hydrogen) atoms. The standard InChI is InChI=1S/C36H39NO7/c1-2-3-23-42-32-16-10-28(11-17-32)26-44-34-7-5-4-6-29(34)20-21-37(25-27-8-12-30(13-9-27)35(38)39)22-24-43-33-18-14-31(15-19-33)36(40)41/h4-19H,2-3,20-26H2,1H3,(H,38,39)(H,40,41). The summed E-state index contributed by atoms with van der Waals surface area (Å²) in [5, 5.41) is 18.4. The van der Waals surface area contributed by atoms with Gasteiger partial charge in [0.15, 0.2) is 0 Å². The second-order valence-electron chi connectivity index (χ2n) is 10.4. The molecule has 0 aromatic heterocycles. The predicted molar refractivity (Wildman–Crippen MR) is 169 cm³/mol. The molecule has 0 saturated heterocycles. The Morgan fingerprint density at radius 3 is 1.86 bits per heavy atom. The Balaban J connectivity index is 1.37. The summed E-state index contributed by atoms with van der Waals surface area (Å²) < 4.78 is 17.9. The highest BCUT2D eigenvalue weighted by Gasteiger charge is 2.12. The molecule has 0 unspecified atom stereocenters. The number of carboxylic acids is 2. The van der Waals surface area contributed by atoms with Crippen molar-refractivity contribution in [1.82, 2.24) is 4.90 Å². The molecule has 230 valence electrons. The van der Waals surface area contributed by atoms with Crippen LogP contribution in [0.4, 0.5) is 0 Å². The van der Waals surface area contributed by atoms with Gasteiger partial charge in [-0.2, -0.15) is 0 Å². The molecule has 0 spiro atoms. The van der Waals surface area contributed by atoms with Gasteiger partial charge in [-0.05, 0) is 84.1 Å². The molecule has 0 fully saturated rings. The molecule has 0 aliphatic heterocycles. The first-order valence-electron chi connectivity index (χ1n) is 14.8. The molecule has 8 nitrogen and oxygen atoms in total. The number of nitrogens with zero attached hydrogens (tertiary/aromatic N) is 1. The molecule has 0 aliphatic carbocycles. The third kappa shape index (κ3) is 10.2. The number of para-hydroxylation sites is 1. The van der Waals surface area contributed by atoms with Gasteiger partial charge in [-0.15, -0.1) is 0 Å². The number of carbonyl (C=O) groups is 2. The fourth-order valence-corrected chi connectivity index (χ4v) is 4.57. The van der Waals surface area contributed by atoms with Crippen LogP contribution in [0.15, 0.2) is 97.1 Å². The lowest BCUT2D eigenvalue weighted by Crippen LogP contribution is -2.30. The molecule has 0 bridgehead atoms. The zero-order valence-electron chi connectivity index (χ0n) is 25.0. The highest BCUT2D eigenvalue weighted by molar-refractivity contribution is 5.88. The lowest BCUT2D eigenvalue weighted by atomic mass is 10.1. The maximum atomic E-state index is 11.3. The summed E-state index contributed by atoms with van der Waals surface area (Å²) in [4.78, 5) is 24.7. The number of unbranched alkanes of at least 4 members (excludes halogenated alkanes) is 1. The molecule has 0 heterocycles. The van der Waals surface area contributed by atoms with Crippen molar-refractivity contribution in [3.63, 3.8) is 0 Å². The van der Waals surface area contributed by atoms with Crippen LogP contribution < -0.4 is 14.2 Å². The largest absolute Gasteiger partial charge is 0.494 e. The Labute approximate surface area is 258 Å². The molecule has 0 radical (unpaired) electrons. The van der Waals surface area contributed by atoms with Crippen LogP contribution in [0.3, 0.4) is 0 Å². The van der Waals surface area contributed by atoms with Crippen molar-refractivity contribution in [3.05, 3.63) is 125 Å². The average Bonchev–Trinajstić information content (AvgIpc) is 3.04. The van der Waals surface area contributed by atoms with Gasteiger partial charge in [-0.3, -0.25) is 4.90 Å². The first-order chi connectivity index (χ1) is 21.4. The molecule has 2 N–H and O–H groups in total. The van der Waals surface area contributed by atoms with E-state index in [2.05, 4.69) is 17.9 Å². The van der Waals surface area contributed by atoms with Crippen molar-refractivity contribution in [2.75, 3.05) is 26.3 Å². The Bertz CT molecular complexity index is 1470. The number of ether oxygens (including phenoxy) is 3. The fraction of sp³-hybridized carbons (Fsp3) is 0.278. The van der Waals surface area contributed by atoms with Crippen molar-refractivity contribution in [2.24, 2.45) is 0 Å². The van der Waals surface area contributed by atoms with Crippen LogP contribution >= 0.6 is 0 Å². The van der Waals surface area contributed by atoms with Gasteiger partial charge in [0.2, 0.25) is 0 Å². The second-order valence-corrected chi connectivity index (χ2v) is 10.4. The summed E-state index contributed by atoms with van der Waals surface area (Å²) in [5.74, 6) is 0.354. The Morgan fingerprint density at radius 2 is 1.23 bits per heavy atom. The molecule has 4 aromatic carbocycles.